The Hall–Kier alpha value is 0.300. The lowest BCUT2D eigenvalue weighted by molar-refractivity contribution is 0.0218. The van der Waals surface area contributed by atoms with Crippen molar-refractivity contribution in [3.05, 3.63) is 12.2 Å². The molecular formula is C5H5BrClF3. The van der Waals surface area contributed by atoms with E-state index >= 15 is 0 Å². The van der Waals surface area contributed by atoms with Gasteiger partial charge in [-0.25, -0.2) is 4.39 Å². The number of hydrogen-bond donors (Lipinski definition) is 0. The molecule has 10 heavy (non-hydrogen) atoms. The Kier molecular flexibility index (Phi) is 3.23. The third-order valence-corrected chi connectivity index (χ3v) is 1.92. The van der Waals surface area contributed by atoms with E-state index in [-0.39, 0.29) is 0 Å². The zero-order valence-electron chi connectivity index (χ0n) is 5.04. The average Bonchev–Trinajstić information content (AvgIpc) is 1.61. The maximum Gasteiger partial charge on any atom is 0.352 e. The molecule has 0 heterocycles. The van der Waals surface area contributed by atoms with Crippen LogP contribution in [-0.4, -0.2) is 9.96 Å². The SMILES string of the molecule is C/C=C/[C@@](F)(Cl)C(F)(F)Br. The minimum Gasteiger partial charge on any atom is -0.214 e. The van der Waals surface area contributed by atoms with Crippen LogP contribution in [-0.2, 0) is 0 Å². The van der Waals surface area contributed by atoms with Gasteiger partial charge in [0.1, 0.15) is 0 Å². The minimum atomic E-state index is -3.73. The molecule has 0 spiro atoms. The fourth-order valence-electron chi connectivity index (χ4n) is 0.304. The highest BCUT2D eigenvalue weighted by molar-refractivity contribution is 9.10. The number of rotatable bonds is 2. The van der Waals surface area contributed by atoms with Crippen LogP contribution >= 0.6 is 27.5 Å². The van der Waals surface area contributed by atoms with Crippen molar-refractivity contribution in [2.75, 3.05) is 0 Å². The van der Waals surface area contributed by atoms with Crippen LogP contribution in [0, 0.1) is 0 Å². The van der Waals surface area contributed by atoms with E-state index in [1.54, 1.807) is 0 Å². The summed E-state index contributed by atoms with van der Waals surface area (Å²) in [6.07, 6.45) is 1.69. The predicted molar refractivity (Wildman–Crippen MR) is 38.4 cm³/mol. The molecule has 0 aliphatic heterocycles. The molecule has 0 aromatic rings. The molecule has 60 valence electrons. The van der Waals surface area contributed by atoms with E-state index in [9.17, 15) is 13.2 Å². The molecule has 0 saturated heterocycles. The first-order chi connectivity index (χ1) is 4.31. The van der Waals surface area contributed by atoms with E-state index in [4.69, 9.17) is 11.6 Å². The van der Waals surface area contributed by atoms with E-state index in [1.807, 2.05) is 15.9 Å². The first-order valence-electron chi connectivity index (χ1n) is 2.39. The van der Waals surface area contributed by atoms with Crippen LogP contribution in [0.15, 0.2) is 12.2 Å². The topological polar surface area (TPSA) is 0 Å². The van der Waals surface area contributed by atoms with Gasteiger partial charge in [0, 0.05) is 0 Å². The second kappa shape index (κ2) is 3.13. The van der Waals surface area contributed by atoms with E-state index in [2.05, 4.69) is 0 Å². The van der Waals surface area contributed by atoms with Gasteiger partial charge in [0.25, 0.3) is 5.13 Å². The summed E-state index contributed by atoms with van der Waals surface area (Å²) >= 11 is 6.57. The van der Waals surface area contributed by atoms with Crippen molar-refractivity contribution in [2.24, 2.45) is 0 Å². The molecular weight excluding hydrogens is 232 g/mol. The van der Waals surface area contributed by atoms with Crippen LogP contribution in [0.3, 0.4) is 0 Å². The maximum absolute atomic E-state index is 12.5. The Morgan fingerprint density at radius 2 is 1.80 bits per heavy atom. The molecule has 0 nitrogen and oxygen atoms in total. The second-order valence-electron chi connectivity index (χ2n) is 1.62. The Morgan fingerprint density at radius 1 is 1.40 bits per heavy atom. The molecule has 0 aromatic heterocycles. The molecule has 0 unspecified atom stereocenters. The summed E-state index contributed by atoms with van der Waals surface area (Å²) in [4.78, 5) is -3.73. The fourth-order valence-corrected chi connectivity index (χ4v) is 0.562. The molecule has 0 N–H and O–H groups in total. The van der Waals surface area contributed by atoms with Crippen LogP contribution in [0.1, 0.15) is 6.92 Å². The molecule has 0 aliphatic carbocycles. The minimum absolute atomic E-state index is 0.573. The third kappa shape index (κ3) is 2.50. The number of hydrogen-bond acceptors (Lipinski definition) is 0. The molecule has 1 atom stereocenters. The van der Waals surface area contributed by atoms with Crippen LogP contribution in [0.4, 0.5) is 13.2 Å². The van der Waals surface area contributed by atoms with Crippen LogP contribution in [0.25, 0.3) is 0 Å². The first-order valence-corrected chi connectivity index (χ1v) is 3.57. The number of halogens is 5. The van der Waals surface area contributed by atoms with E-state index in [0.717, 1.165) is 6.08 Å². The second-order valence-corrected chi connectivity index (χ2v) is 3.17. The molecule has 0 aromatic carbocycles. The van der Waals surface area contributed by atoms with Gasteiger partial charge in [-0.05, 0) is 28.9 Å². The van der Waals surface area contributed by atoms with Gasteiger partial charge >= 0.3 is 4.83 Å². The van der Waals surface area contributed by atoms with Crippen molar-refractivity contribution < 1.29 is 13.2 Å². The summed E-state index contributed by atoms with van der Waals surface area (Å²) in [7, 11) is 0. The smallest absolute Gasteiger partial charge is 0.214 e. The fraction of sp³-hybridized carbons (Fsp3) is 0.600. The summed E-state index contributed by atoms with van der Waals surface area (Å²) < 4.78 is 36.6. The lowest BCUT2D eigenvalue weighted by atomic mass is 10.3. The zero-order chi connectivity index (χ0) is 8.41. The Labute approximate surface area is 70.2 Å². The molecule has 0 amide bonds. The lowest BCUT2D eigenvalue weighted by Gasteiger charge is -2.18. The van der Waals surface area contributed by atoms with Gasteiger partial charge in [0.15, 0.2) is 0 Å². The zero-order valence-corrected chi connectivity index (χ0v) is 7.39. The predicted octanol–water partition coefficient (Wildman–Crippen LogP) is 3.45. The van der Waals surface area contributed by atoms with Crippen molar-refractivity contribution in [2.45, 2.75) is 16.9 Å². The number of alkyl halides is 5. The Morgan fingerprint density at radius 3 is 1.90 bits per heavy atom. The molecule has 0 fully saturated rings. The molecule has 0 aliphatic rings. The Bertz CT molecular complexity index is 138. The van der Waals surface area contributed by atoms with Crippen molar-refractivity contribution in [3.8, 4) is 0 Å². The third-order valence-electron chi connectivity index (χ3n) is 0.754. The lowest BCUT2D eigenvalue weighted by Crippen LogP contribution is -2.31. The quantitative estimate of drug-likeness (QED) is 0.510. The van der Waals surface area contributed by atoms with Gasteiger partial charge < -0.3 is 0 Å². The highest BCUT2D eigenvalue weighted by Crippen LogP contribution is 2.42. The highest BCUT2D eigenvalue weighted by Gasteiger charge is 2.49. The van der Waals surface area contributed by atoms with Crippen LogP contribution in [0.2, 0.25) is 0 Å². The van der Waals surface area contributed by atoms with Gasteiger partial charge in [0.2, 0.25) is 0 Å². The standard InChI is InChI=1S/C5H5BrClF3/c1-2-3-4(7,8)5(6,9)10/h2-3H,1H3/b3-2+/t4-/m0/s1. The molecule has 5 heteroatoms. The highest BCUT2D eigenvalue weighted by atomic mass is 79.9. The van der Waals surface area contributed by atoms with Crippen molar-refractivity contribution >= 4 is 27.5 Å². The summed E-state index contributed by atoms with van der Waals surface area (Å²) in [6.45, 7) is 1.40. The van der Waals surface area contributed by atoms with Crippen molar-refractivity contribution in [1.29, 1.82) is 0 Å². The maximum atomic E-state index is 12.5. The average molecular weight is 237 g/mol. The van der Waals surface area contributed by atoms with E-state index in [1.165, 1.54) is 6.92 Å². The van der Waals surface area contributed by atoms with E-state index < -0.39 is 9.96 Å². The summed E-state index contributed by atoms with van der Waals surface area (Å²) in [5.74, 6) is 0. The van der Waals surface area contributed by atoms with Gasteiger partial charge in [-0.3, -0.25) is 0 Å². The van der Waals surface area contributed by atoms with Gasteiger partial charge in [-0.1, -0.05) is 17.7 Å². The Balaban J connectivity index is 4.40. The molecule has 0 radical (unpaired) electrons. The summed E-state index contributed by atoms with van der Waals surface area (Å²) in [5.41, 5.74) is 0. The summed E-state index contributed by atoms with van der Waals surface area (Å²) in [5, 5.41) is -3.14. The number of allylic oxidation sites excluding steroid dienone is 2. The van der Waals surface area contributed by atoms with Crippen molar-refractivity contribution in [1.82, 2.24) is 0 Å². The largest absolute Gasteiger partial charge is 0.352 e. The van der Waals surface area contributed by atoms with Crippen LogP contribution < -0.4 is 0 Å². The van der Waals surface area contributed by atoms with E-state index in [0.29, 0.717) is 6.08 Å². The van der Waals surface area contributed by atoms with Gasteiger partial charge in [0.05, 0.1) is 0 Å². The summed E-state index contributed by atoms with van der Waals surface area (Å²) in [6, 6.07) is 0. The molecule has 0 rings (SSSR count). The molecule has 0 bridgehead atoms. The van der Waals surface area contributed by atoms with Crippen molar-refractivity contribution in [3.63, 3.8) is 0 Å². The van der Waals surface area contributed by atoms with Gasteiger partial charge in [-0.15, -0.1) is 0 Å². The van der Waals surface area contributed by atoms with Crippen LogP contribution in [0.5, 0.6) is 0 Å². The van der Waals surface area contributed by atoms with Gasteiger partial charge in [-0.2, -0.15) is 8.78 Å². The first kappa shape index (κ1) is 10.3. The monoisotopic (exact) mass is 236 g/mol. The normalized spacial score (nSPS) is 19.4. The molecule has 0 saturated carbocycles.